The third-order valence-corrected chi connectivity index (χ3v) is 3.85. The van der Waals surface area contributed by atoms with E-state index in [1.165, 1.54) is 18.2 Å². The highest BCUT2D eigenvalue weighted by atomic mass is 19.4. The average molecular weight is 382 g/mol. The Morgan fingerprint density at radius 3 is 2.30 bits per heavy atom. The van der Waals surface area contributed by atoms with Crippen LogP contribution >= 0.6 is 0 Å². The molecule has 142 valence electrons. The fourth-order valence-corrected chi connectivity index (χ4v) is 2.34. The number of halogens is 4. The lowest BCUT2D eigenvalue weighted by molar-refractivity contribution is -0.145. The second kappa shape index (κ2) is 7.25. The summed E-state index contributed by atoms with van der Waals surface area (Å²) in [4.78, 5) is 11.6. The van der Waals surface area contributed by atoms with E-state index in [9.17, 15) is 27.5 Å². The number of nitrogens with zero attached hydrogens (tertiary/aromatic N) is 1. The summed E-state index contributed by atoms with van der Waals surface area (Å²) in [6, 6.07) is 8.45. The summed E-state index contributed by atoms with van der Waals surface area (Å²) in [5, 5.41) is 19.3. The lowest BCUT2D eigenvalue weighted by Crippen LogP contribution is -2.48. The van der Waals surface area contributed by atoms with E-state index >= 15 is 0 Å². The number of carbonyl (C=O) groups excluding carboxylic acids is 1. The van der Waals surface area contributed by atoms with E-state index < -0.39 is 40.7 Å². The van der Waals surface area contributed by atoms with E-state index in [-0.39, 0.29) is 11.3 Å². The van der Waals surface area contributed by atoms with Crippen LogP contribution in [0.15, 0.2) is 42.5 Å². The Kier molecular flexibility index (Phi) is 5.42. The highest BCUT2D eigenvalue weighted by Gasteiger charge is 2.42. The smallest absolute Gasteiger partial charge is 0.417 e. The summed E-state index contributed by atoms with van der Waals surface area (Å²) >= 11 is 0. The summed E-state index contributed by atoms with van der Waals surface area (Å²) in [6.07, 6.45) is -6.49. The van der Waals surface area contributed by atoms with Gasteiger partial charge in [-0.1, -0.05) is 6.07 Å². The fourth-order valence-electron chi connectivity index (χ4n) is 2.34. The monoisotopic (exact) mass is 382 g/mol. The number of rotatable bonds is 5. The fraction of sp³-hybridized carbons (Fsp3) is 0.222. The van der Waals surface area contributed by atoms with Crippen LogP contribution in [0.3, 0.4) is 0 Å². The minimum absolute atomic E-state index is 0.0131. The number of nitriles is 1. The van der Waals surface area contributed by atoms with Gasteiger partial charge in [0.15, 0.2) is 11.7 Å². The molecule has 1 amide bonds. The number of benzene rings is 2. The van der Waals surface area contributed by atoms with Gasteiger partial charge in [0.25, 0.3) is 5.91 Å². The van der Waals surface area contributed by atoms with E-state index in [0.717, 1.165) is 31.2 Å². The van der Waals surface area contributed by atoms with Crippen LogP contribution in [0.1, 0.15) is 29.7 Å². The maximum absolute atomic E-state index is 13.2. The van der Waals surface area contributed by atoms with Gasteiger partial charge < -0.3 is 15.6 Å². The third-order valence-electron chi connectivity index (χ3n) is 3.85. The molecular weight excluding hydrogens is 368 g/mol. The third kappa shape index (κ3) is 4.35. The Morgan fingerprint density at radius 2 is 1.81 bits per heavy atom. The molecule has 0 radical (unpaired) electrons. The number of hydrogen-bond acceptors (Lipinski definition) is 4. The zero-order chi connectivity index (χ0) is 20.4. The van der Waals surface area contributed by atoms with Gasteiger partial charge in [-0.15, -0.1) is 0 Å². The first-order chi connectivity index (χ1) is 12.5. The zero-order valence-corrected chi connectivity index (χ0v) is 13.9. The largest absolute Gasteiger partial charge is 0.482 e. The van der Waals surface area contributed by atoms with Gasteiger partial charge in [0.05, 0.1) is 17.2 Å². The van der Waals surface area contributed by atoms with Crippen molar-refractivity contribution in [2.45, 2.75) is 24.8 Å². The summed E-state index contributed by atoms with van der Waals surface area (Å²) in [5.41, 5.74) is 0.636. The average Bonchev–Trinajstić information content (AvgIpc) is 2.59. The number of carbonyl (C=O) groups is 1. The van der Waals surface area contributed by atoms with E-state index in [0.29, 0.717) is 6.07 Å². The molecule has 0 aliphatic heterocycles. The normalized spacial score (nSPS) is 14.7. The van der Waals surface area contributed by atoms with Gasteiger partial charge in [-0.05, 0) is 48.9 Å². The summed E-state index contributed by atoms with van der Waals surface area (Å²) in [5.74, 6) is -1.84. The second-order valence-corrected chi connectivity index (χ2v) is 5.88. The van der Waals surface area contributed by atoms with Crippen LogP contribution in [0.2, 0.25) is 0 Å². The van der Waals surface area contributed by atoms with Crippen LogP contribution in [0.25, 0.3) is 0 Å². The van der Waals surface area contributed by atoms with Crippen molar-refractivity contribution in [1.29, 1.82) is 5.26 Å². The second-order valence-electron chi connectivity index (χ2n) is 5.88. The quantitative estimate of drug-likeness (QED) is 0.777. The molecule has 2 rings (SSSR count). The predicted molar refractivity (Wildman–Crippen MR) is 85.7 cm³/mol. The minimum Gasteiger partial charge on any atom is -0.482 e. The number of aliphatic hydroxyl groups is 1. The topological polar surface area (TPSA) is 96.3 Å². The molecule has 5 nitrogen and oxygen atoms in total. The van der Waals surface area contributed by atoms with Crippen molar-refractivity contribution in [3.8, 4) is 11.8 Å². The van der Waals surface area contributed by atoms with Crippen LogP contribution in [-0.4, -0.2) is 16.6 Å². The van der Waals surface area contributed by atoms with Crippen molar-refractivity contribution in [2.24, 2.45) is 5.73 Å². The Balaban J connectivity index is 2.58. The van der Waals surface area contributed by atoms with E-state index in [1.54, 1.807) is 0 Å². The molecular formula is C18H14F4N2O3. The highest BCUT2D eigenvalue weighted by Crippen LogP contribution is 2.37. The molecule has 0 fully saturated rings. The van der Waals surface area contributed by atoms with Gasteiger partial charge in [-0.3, -0.25) is 4.79 Å². The maximum atomic E-state index is 13.2. The standard InChI is InChI=1S/C18H14F4N2O3/c1-17(26,16(24)25)15(27-13-6-4-12(19)5-7-13)10-2-3-11(9-23)14(8-10)18(20,21)22/h2-8,15,26H,1H3,(H2,24,25). The van der Waals surface area contributed by atoms with Gasteiger partial charge in [0.2, 0.25) is 0 Å². The molecule has 2 unspecified atom stereocenters. The van der Waals surface area contributed by atoms with Crippen molar-refractivity contribution >= 4 is 5.91 Å². The molecule has 9 heteroatoms. The maximum Gasteiger partial charge on any atom is 0.417 e. The number of alkyl halides is 3. The molecule has 27 heavy (non-hydrogen) atoms. The molecule has 3 N–H and O–H groups in total. The highest BCUT2D eigenvalue weighted by molar-refractivity contribution is 5.83. The van der Waals surface area contributed by atoms with Gasteiger partial charge in [0.1, 0.15) is 11.6 Å². The summed E-state index contributed by atoms with van der Waals surface area (Å²) in [6.45, 7) is 0.981. The van der Waals surface area contributed by atoms with Crippen LogP contribution in [-0.2, 0) is 11.0 Å². The van der Waals surface area contributed by atoms with Gasteiger partial charge >= 0.3 is 6.18 Å². The van der Waals surface area contributed by atoms with Crippen LogP contribution in [0.5, 0.6) is 5.75 Å². The van der Waals surface area contributed by atoms with Crippen molar-refractivity contribution in [1.82, 2.24) is 0 Å². The van der Waals surface area contributed by atoms with Crippen molar-refractivity contribution in [2.75, 3.05) is 0 Å². The van der Waals surface area contributed by atoms with Gasteiger partial charge in [-0.2, -0.15) is 18.4 Å². The van der Waals surface area contributed by atoms with E-state index in [1.807, 2.05) is 0 Å². The number of hydrogen-bond donors (Lipinski definition) is 2. The summed E-state index contributed by atoms with van der Waals surface area (Å²) < 4.78 is 58.1. The first-order valence-electron chi connectivity index (χ1n) is 7.52. The van der Waals surface area contributed by atoms with Crippen LogP contribution in [0.4, 0.5) is 17.6 Å². The minimum atomic E-state index is -4.85. The zero-order valence-electron chi connectivity index (χ0n) is 13.9. The first kappa shape index (κ1) is 20.2. The Bertz CT molecular complexity index is 887. The molecule has 0 saturated carbocycles. The number of amides is 1. The number of primary amides is 1. The molecule has 2 aromatic carbocycles. The van der Waals surface area contributed by atoms with E-state index in [2.05, 4.69) is 0 Å². The Hall–Kier alpha value is -3.12. The molecule has 0 saturated heterocycles. The van der Waals surface area contributed by atoms with Gasteiger partial charge in [-0.25, -0.2) is 4.39 Å². The molecule has 0 heterocycles. The predicted octanol–water partition coefficient (Wildman–Crippen LogP) is 3.07. The molecule has 0 aliphatic carbocycles. The van der Waals surface area contributed by atoms with Crippen molar-refractivity contribution in [3.63, 3.8) is 0 Å². The lowest BCUT2D eigenvalue weighted by atomic mass is 9.90. The van der Waals surface area contributed by atoms with Gasteiger partial charge in [0, 0.05) is 0 Å². The first-order valence-corrected chi connectivity index (χ1v) is 7.52. The molecule has 0 aliphatic rings. The molecule has 2 atom stereocenters. The van der Waals surface area contributed by atoms with Crippen LogP contribution in [0, 0.1) is 17.1 Å². The SMILES string of the molecule is CC(O)(C(N)=O)C(Oc1ccc(F)cc1)c1ccc(C#N)c(C(F)(F)F)c1. The Morgan fingerprint density at radius 1 is 1.22 bits per heavy atom. The Labute approximate surface area is 151 Å². The van der Waals surface area contributed by atoms with E-state index in [4.69, 9.17) is 15.7 Å². The summed E-state index contributed by atoms with van der Waals surface area (Å²) in [7, 11) is 0. The molecule has 0 aromatic heterocycles. The lowest BCUT2D eigenvalue weighted by Gasteiger charge is -2.31. The number of ether oxygens (including phenoxy) is 1. The molecule has 0 bridgehead atoms. The number of nitrogens with two attached hydrogens (primary N) is 1. The molecule has 0 spiro atoms. The van der Waals surface area contributed by atoms with Crippen molar-refractivity contribution in [3.05, 3.63) is 65.0 Å². The molecule has 2 aromatic rings. The van der Waals surface area contributed by atoms with Crippen molar-refractivity contribution < 1.29 is 32.2 Å². The van der Waals surface area contributed by atoms with Crippen LogP contribution < -0.4 is 10.5 Å².